The summed E-state index contributed by atoms with van der Waals surface area (Å²) in [6.07, 6.45) is 1.48. The van der Waals surface area contributed by atoms with E-state index in [1.54, 1.807) is 7.05 Å². The third-order valence-corrected chi connectivity index (χ3v) is 1.65. The Morgan fingerprint density at radius 1 is 1.36 bits per heavy atom. The Morgan fingerprint density at radius 3 is 2.57 bits per heavy atom. The van der Waals surface area contributed by atoms with Crippen molar-refractivity contribution in [3.63, 3.8) is 0 Å². The monoisotopic (exact) mass is 198 g/mol. The first-order chi connectivity index (χ1) is 6.70. The molecule has 1 aromatic rings. The van der Waals surface area contributed by atoms with Gasteiger partial charge in [0.15, 0.2) is 5.75 Å². The highest BCUT2D eigenvalue weighted by molar-refractivity contribution is 5.34. The molecule has 1 rings (SSSR count). The summed E-state index contributed by atoms with van der Waals surface area (Å²) in [6, 6.07) is 0. The molecule has 14 heavy (non-hydrogen) atoms. The van der Waals surface area contributed by atoms with E-state index in [1.807, 2.05) is 13.8 Å². The van der Waals surface area contributed by atoms with E-state index in [1.165, 1.54) is 10.9 Å². The number of aryl methyl sites for hydroxylation is 1. The van der Waals surface area contributed by atoms with Gasteiger partial charge < -0.3 is 9.47 Å². The highest BCUT2D eigenvalue weighted by Crippen LogP contribution is 2.20. The quantitative estimate of drug-likeness (QED) is 0.710. The molecule has 0 atom stereocenters. The second-order valence-corrected chi connectivity index (χ2v) is 2.63. The smallest absolute Gasteiger partial charge is 0.312 e. The summed E-state index contributed by atoms with van der Waals surface area (Å²) in [7, 11) is 1.57. The Bertz CT molecular complexity index is 360. The molecule has 0 aliphatic carbocycles. The van der Waals surface area contributed by atoms with E-state index in [9.17, 15) is 4.79 Å². The molecule has 5 heteroatoms. The van der Waals surface area contributed by atoms with E-state index in [0.29, 0.717) is 19.0 Å². The molecule has 0 fully saturated rings. The molecule has 0 bridgehead atoms. The predicted molar refractivity (Wildman–Crippen MR) is 51.8 cm³/mol. The minimum absolute atomic E-state index is 0.229. The minimum Gasteiger partial charge on any atom is -0.488 e. The fourth-order valence-electron chi connectivity index (χ4n) is 1.04. The summed E-state index contributed by atoms with van der Waals surface area (Å²) < 4.78 is 11.6. The van der Waals surface area contributed by atoms with Gasteiger partial charge in [-0.05, 0) is 13.8 Å². The zero-order chi connectivity index (χ0) is 10.6. The van der Waals surface area contributed by atoms with Crippen LogP contribution in [-0.2, 0) is 7.05 Å². The van der Waals surface area contributed by atoms with Gasteiger partial charge in [0.05, 0.1) is 19.4 Å². The second kappa shape index (κ2) is 4.64. The van der Waals surface area contributed by atoms with Crippen LogP contribution in [0.15, 0.2) is 11.0 Å². The third-order valence-electron chi connectivity index (χ3n) is 1.65. The molecular weight excluding hydrogens is 184 g/mol. The van der Waals surface area contributed by atoms with Crippen LogP contribution < -0.4 is 15.0 Å². The first-order valence-corrected chi connectivity index (χ1v) is 4.52. The topological polar surface area (TPSA) is 53.4 Å². The van der Waals surface area contributed by atoms with Gasteiger partial charge in [0.25, 0.3) is 0 Å². The van der Waals surface area contributed by atoms with Crippen LogP contribution in [0.3, 0.4) is 0 Å². The van der Waals surface area contributed by atoms with Crippen LogP contribution in [0.2, 0.25) is 0 Å². The standard InChI is InChI=1S/C9H14N2O3/c1-4-13-7-6-10-11(3)9(12)8(7)14-5-2/h6H,4-5H2,1-3H3. The minimum atomic E-state index is -0.280. The summed E-state index contributed by atoms with van der Waals surface area (Å²) in [5.41, 5.74) is -0.280. The summed E-state index contributed by atoms with van der Waals surface area (Å²) in [5.74, 6) is 0.629. The van der Waals surface area contributed by atoms with Crippen LogP contribution in [0.4, 0.5) is 0 Å². The van der Waals surface area contributed by atoms with Gasteiger partial charge in [0.1, 0.15) is 0 Å². The first-order valence-electron chi connectivity index (χ1n) is 4.52. The fourth-order valence-corrected chi connectivity index (χ4v) is 1.04. The van der Waals surface area contributed by atoms with E-state index >= 15 is 0 Å². The van der Waals surface area contributed by atoms with Gasteiger partial charge in [-0.15, -0.1) is 0 Å². The van der Waals surface area contributed by atoms with Crippen molar-refractivity contribution in [2.75, 3.05) is 13.2 Å². The predicted octanol–water partition coefficient (Wildman–Crippen LogP) is 0.578. The average molecular weight is 198 g/mol. The second-order valence-electron chi connectivity index (χ2n) is 2.63. The molecule has 1 aromatic heterocycles. The molecule has 0 N–H and O–H groups in total. The van der Waals surface area contributed by atoms with Crippen LogP contribution >= 0.6 is 0 Å². The lowest BCUT2D eigenvalue weighted by Gasteiger charge is -2.09. The molecule has 0 aliphatic heterocycles. The van der Waals surface area contributed by atoms with Gasteiger partial charge in [0.2, 0.25) is 5.75 Å². The third kappa shape index (κ3) is 2.04. The summed E-state index contributed by atoms with van der Waals surface area (Å²) in [4.78, 5) is 11.5. The lowest BCUT2D eigenvalue weighted by atomic mass is 10.4. The molecule has 5 nitrogen and oxygen atoms in total. The van der Waals surface area contributed by atoms with Crippen molar-refractivity contribution in [1.82, 2.24) is 9.78 Å². The molecule has 0 amide bonds. The van der Waals surface area contributed by atoms with Crippen LogP contribution in [0.25, 0.3) is 0 Å². The summed E-state index contributed by atoms with van der Waals surface area (Å²) in [5, 5.41) is 3.84. The van der Waals surface area contributed by atoms with E-state index in [0.717, 1.165) is 0 Å². The zero-order valence-electron chi connectivity index (χ0n) is 8.61. The number of hydrogen-bond acceptors (Lipinski definition) is 4. The van der Waals surface area contributed by atoms with Crippen molar-refractivity contribution >= 4 is 0 Å². The van der Waals surface area contributed by atoms with Crippen molar-refractivity contribution < 1.29 is 9.47 Å². The molecule has 0 aliphatic rings. The zero-order valence-corrected chi connectivity index (χ0v) is 8.61. The first kappa shape index (κ1) is 10.6. The van der Waals surface area contributed by atoms with Gasteiger partial charge in [0, 0.05) is 7.05 Å². The van der Waals surface area contributed by atoms with E-state index in [-0.39, 0.29) is 11.3 Å². The highest BCUT2D eigenvalue weighted by Gasteiger charge is 2.11. The molecule has 1 heterocycles. The summed E-state index contributed by atoms with van der Waals surface area (Å²) in [6.45, 7) is 4.57. The van der Waals surface area contributed by atoms with Gasteiger partial charge in [-0.25, -0.2) is 4.68 Å². The van der Waals surface area contributed by atoms with Crippen molar-refractivity contribution in [2.24, 2.45) is 7.05 Å². The van der Waals surface area contributed by atoms with E-state index in [4.69, 9.17) is 9.47 Å². The molecule has 0 spiro atoms. The average Bonchev–Trinajstić information content (AvgIpc) is 2.18. The number of aromatic nitrogens is 2. The SMILES string of the molecule is CCOc1cnn(C)c(=O)c1OCC. The Labute approximate surface area is 82.3 Å². The number of ether oxygens (including phenoxy) is 2. The van der Waals surface area contributed by atoms with Gasteiger partial charge >= 0.3 is 5.56 Å². The van der Waals surface area contributed by atoms with Gasteiger partial charge in [-0.1, -0.05) is 0 Å². The van der Waals surface area contributed by atoms with Crippen LogP contribution in [-0.4, -0.2) is 23.0 Å². The maximum atomic E-state index is 11.5. The molecule has 0 unspecified atom stereocenters. The van der Waals surface area contributed by atoms with E-state index < -0.39 is 0 Å². The normalized spacial score (nSPS) is 9.93. The Hall–Kier alpha value is -1.52. The molecule has 0 aromatic carbocycles. The lowest BCUT2D eigenvalue weighted by molar-refractivity contribution is 0.278. The number of nitrogens with zero attached hydrogens (tertiary/aromatic N) is 2. The largest absolute Gasteiger partial charge is 0.488 e. The molecule has 0 saturated carbocycles. The Morgan fingerprint density at radius 2 is 2.00 bits per heavy atom. The van der Waals surface area contributed by atoms with E-state index in [2.05, 4.69) is 5.10 Å². The Balaban J connectivity index is 3.16. The Kier molecular flexibility index (Phi) is 3.50. The number of rotatable bonds is 4. The maximum absolute atomic E-state index is 11.5. The summed E-state index contributed by atoms with van der Waals surface area (Å²) >= 11 is 0. The van der Waals surface area contributed by atoms with Crippen molar-refractivity contribution in [3.8, 4) is 11.5 Å². The van der Waals surface area contributed by atoms with Crippen molar-refractivity contribution in [2.45, 2.75) is 13.8 Å². The molecule has 78 valence electrons. The van der Waals surface area contributed by atoms with Crippen LogP contribution in [0.1, 0.15) is 13.8 Å². The number of hydrogen-bond donors (Lipinski definition) is 0. The van der Waals surface area contributed by atoms with Crippen LogP contribution in [0.5, 0.6) is 11.5 Å². The van der Waals surface area contributed by atoms with Crippen LogP contribution in [0, 0.1) is 0 Å². The van der Waals surface area contributed by atoms with Crippen molar-refractivity contribution in [3.05, 3.63) is 16.6 Å². The molecular formula is C9H14N2O3. The maximum Gasteiger partial charge on any atom is 0.312 e. The molecule has 0 radical (unpaired) electrons. The fraction of sp³-hybridized carbons (Fsp3) is 0.556. The van der Waals surface area contributed by atoms with Gasteiger partial charge in [-0.3, -0.25) is 4.79 Å². The van der Waals surface area contributed by atoms with Crippen molar-refractivity contribution in [1.29, 1.82) is 0 Å². The highest BCUT2D eigenvalue weighted by atomic mass is 16.5. The van der Waals surface area contributed by atoms with Gasteiger partial charge in [-0.2, -0.15) is 5.10 Å². The lowest BCUT2D eigenvalue weighted by Crippen LogP contribution is -2.22. The molecule has 0 saturated heterocycles.